The van der Waals surface area contributed by atoms with Crippen LogP contribution in [0.25, 0.3) is 0 Å². The van der Waals surface area contributed by atoms with Gasteiger partial charge in [-0.15, -0.1) is 0 Å². The van der Waals surface area contributed by atoms with Crippen molar-refractivity contribution in [3.05, 3.63) is 47.5 Å². The van der Waals surface area contributed by atoms with E-state index in [-0.39, 0.29) is 11.3 Å². The maximum atomic E-state index is 13.2. The molecule has 2 fully saturated rings. The molecule has 1 aliphatic heterocycles. The topological polar surface area (TPSA) is 51.0 Å². The van der Waals surface area contributed by atoms with Crippen LogP contribution in [-0.4, -0.2) is 38.7 Å². The van der Waals surface area contributed by atoms with E-state index in [9.17, 15) is 4.79 Å². The summed E-state index contributed by atoms with van der Waals surface area (Å²) in [5.41, 5.74) is 0.775. The molecule has 0 N–H and O–H groups in total. The summed E-state index contributed by atoms with van der Waals surface area (Å²) < 4.78 is 1.84. The Balaban J connectivity index is 1.47. The number of benzene rings is 1. The predicted octanol–water partition coefficient (Wildman–Crippen LogP) is 2.90. The Labute approximate surface area is 146 Å². The number of likely N-dealkylation sites (tertiary alicyclic amines) is 1. The number of aromatic nitrogens is 3. The Morgan fingerprint density at radius 3 is 2.54 bits per heavy atom. The zero-order chi connectivity index (χ0) is 16.6. The lowest BCUT2D eigenvalue weighted by Crippen LogP contribution is -2.57. The van der Waals surface area contributed by atoms with Crippen LogP contribution < -0.4 is 0 Å². The summed E-state index contributed by atoms with van der Waals surface area (Å²) in [5.74, 6) is 0.761. The summed E-state index contributed by atoms with van der Waals surface area (Å²) in [6, 6.07) is 7.85. The summed E-state index contributed by atoms with van der Waals surface area (Å²) in [5, 5.41) is 4.86. The van der Waals surface area contributed by atoms with Crippen LogP contribution >= 0.6 is 11.6 Å². The van der Waals surface area contributed by atoms with E-state index < -0.39 is 0 Å². The van der Waals surface area contributed by atoms with E-state index in [0.29, 0.717) is 5.92 Å². The van der Waals surface area contributed by atoms with Crippen molar-refractivity contribution in [3.63, 3.8) is 0 Å². The highest BCUT2D eigenvalue weighted by Crippen LogP contribution is 2.44. The van der Waals surface area contributed by atoms with Gasteiger partial charge < -0.3 is 4.90 Å². The third kappa shape index (κ3) is 2.71. The van der Waals surface area contributed by atoms with E-state index in [0.717, 1.165) is 55.9 Å². The Hall–Kier alpha value is -1.88. The van der Waals surface area contributed by atoms with Gasteiger partial charge in [-0.25, -0.2) is 4.98 Å². The van der Waals surface area contributed by atoms with Gasteiger partial charge in [0.05, 0.1) is 5.41 Å². The molecule has 5 nitrogen and oxygen atoms in total. The van der Waals surface area contributed by atoms with Gasteiger partial charge in [-0.1, -0.05) is 36.6 Å². The Morgan fingerprint density at radius 2 is 1.92 bits per heavy atom. The number of hydrogen-bond donors (Lipinski definition) is 0. The molecule has 0 unspecified atom stereocenters. The summed E-state index contributed by atoms with van der Waals surface area (Å²) in [7, 11) is 0. The molecule has 2 aliphatic rings. The van der Waals surface area contributed by atoms with Gasteiger partial charge in [-0.2, -0.15) is 5.10 Å². The first-order valence-corrected chi connectivity index (χ1v) is 8.93. The summed E-state index contributed by atoms with van der Waals surface area (Å²) >= 11 is 6.02. The van der Waals surface area contributed by atoms with E-state index in [2.05, 4.69) is 10.1 Å². The average Bonchev–Trinajstić information content (AvgIpc) is 3.23. The Morgan fingerprint density at radius 1 is 1.21 bits per heavy atom. The molecule has 1 aromatic heterocycles. The number of carbonyl (C=O) groups is 1. The molecule has 24 heavy (non-hydrogen) atoms. The van der Waals surface area contributed by atoms with Crippen molar-refractivity contribution in [2.45, 2.75) is 37.6 Å². The molecule has 4 rings (SSSR count). The molecular weight excluding hydrogens is 324 g/mol. The number of nitrogens with zero attached hydrogens (tertiary/aromatic N) is 4. The first kappa shape index (κ1) is 15.6. The van der Waals surface area contributed by atoms with Crippen LogP contribution in [0.15, 0.2) is 36.9 Å². The minimum atomic E-state index is -0.344. The van der Waals surface area contributed by atoms with Crippen LogP contribution in [0.4, 0.5) is 0 Å². The van der Waals surface area contributed by atoms with E-state index >= 15 is 0 Å². The van der Waals surface area contributed by atoms with Crippen molar-refractivity contribution in [3.8, 4) is 0 Å². The minimum absolute atomic E-state index is 0.289. The Bertz CT molecular complexity index is 701. The highest BCUT2D eigenvalue weighted by molar-refractivity contribution is 6.30. The van der Waals surface area contributed by atoms with Crippen LogP contribution in [0.3, 0.4) is 0 Å². The molecule has 2 heterocycles. The van der Waals surface area contributed by atoms with Gasteiger partial charge in [0, 0.05) is 30.6 Å². The van der Waals surface area contributed by atoms with Gasteiger partial charge in [-0.3, -0.25) is 9.48 Å². The summed E-state index contributed by atoms with van der Waals surface area (Å²) in [6.07, 6.45) is 7.40. The maximum Gasteiger partial charge on any atom is 0.233 e. The van der Waals surface area contributed by atoms with Crippen LogP contribution in [0, 0.1) is 5.92 Å². The summed E-state index contributed by atoms with van der Waals surface area (Å²) in [6.45, 7) is 2.46. The average molecular weight is 345 g/mol. The second kappa shape index (κ2) is 6.20. The lowest BCUT2D eigenvalue weighted by atomic mass is 9.76. The van der Waals surface area contributed by atoms with Gasteiger partial charge in [0.1, 0.15) is 12.7 Å². The van der Waals surface area contributed by atoms with E-state index in [4.69, 9.17) is 11.6 Å². The van der Waals surface area contributed by atoms with Crippen LogP contribution in [-0.2, 0) is 16.8 Å². The second-order valence-electron chi connectivity index (χ2n) is 6.99. The number of halogens is 1. The lowest BCUT2D eigenvalue weighted by Gasteiger charge is -2.44. The van der Waals surface area contributed by atoms with Crippen molar-refractivity contribution in [2.24, 2.45) is 5.92 Å². The molecular formula is C18H21ClN4O. The van der Waals surface area contributed by atoms with Crippen molar-refractivity contribution in [1.29, 1.82) is 0 Å². The third-order valence-corrected chi connectivity index (χ3v) is 5.67. The predicted molar refractivity (Wildman–Crippen MR) is 91.7 cm³/mol. The fourth-order valence-corrected chi connectivity index (χ4v) is 4.24. The fraction of sp³-hybridized carbons (Fsp3) is 0.500. The SMILES string of the molecule is O=C(N1CC(Cn2cncn2)C1)C1(c2ccc(Cl)cc2)CCCC1. The van der Waals surface area contributed by atoms with Crippen LogP contribution in [0.2, 0.25) is 5.02 Å². The van der Waals surface area contributed by atoms with Gasteiger partial charge in [0.2, 0.25) is 5.91 Å². The van der Waals surface area contributed by atoms with Crippen molar-refractivity contribution < 1.29 is 4.79 Å². The quantitative estimate of drug-likeness (QED) is 0.857. The largest absolute Gasteiger partial charge is 0.341 e. The van der Waals surface area contributed by atoms with Crippen molar-refractivity contribution in [2.75, 3.05) is 13.1 Å². The molecule has 0 atom stereocenters. The normalized spacial score (nSPS) is 20.1. The Kier molecular flexibility index (Phi) is 4.04. The van der Waals surface area contributed by atoms with Crippen LogP contribution in [0.5, 0.6) is 0 Å². The standard InChI is InChI=1S/C18H21ClN4O/c19-16-5-3-15(4-6-16)18(7-1-2-8-18)17(24)22-9-14(10-22)11-23-13-20-12-21-23/h3-6,12-14H,1-2,7-11H2. The maximum absolute atomic E-state index is 13.2. The molecule has 126 valence electrons. The molecule has 0 spiro atoms. The highest BCUT2D eigenvalue weighted by Gasteiger charge is 2.47. The lowest BCUT2D eigenvalue weighted by molar-refractivity contribution is -0.144. The summed E-state index contributed by atoms with van der Waals surface area (Å²) in [4.78, 5) is 19.2. The molecule has 2 aromatic rings. The van der Waals surface area contributed by atoms with Gasteiger partial charge in [0.25, 0.3) is 0 Å². The fourth-order valence-electron chi connectivity index (χ4n) is 4.12. The first-order chi connectivity index (χ1) is 11.7. The van der Waals surface area contributed by atoms with E-state index in [1.165, 1.54) is 0 Å². The van der Waals surface area contributed by atoms with E-state index in [1.807, 2.05) is 33.8 Å². The minimum Gasteiger partial charge on any atom is -0.341 e. The van der Waals surface area contributed by atoms with Gasteiger partial charge >= 0.3 is 0 Å². The highest BCUT2D eigenvalue weighted by atomic mass is 35.5. The molecule has 1 aliphatic carbocycles. The zero-order valence-electron chi connectivity index (χ0n) is 13.6. The number of rotatable bonds is 4. The van der Waals surface area contributed by atoms with Gasteiger partial charge in [-0.05, 0) is 30.5 Å². The second-order valence-corrected chi connectivity index (χ2v) is 7.43. The zero-order valence-corrected chi connectivity index (χ0v) is 14.3. The van der Waals surface area contributed by atoms with Gasteiger partial charge in [0.15, 0.2) is 0 Å². The number of carbonyl (C=O) groups excluding carboxylic acids is 1. The molecule has 0 radical (unpaired) electrons. The molecule has 0 bridgehead atoms. The first-order valence-electron chi connectivity index (χ1n) is 8.55. The molecule has 1 amide bonds. The third-order valence-electron chi connectivity index (χ3n) is 5.42. The molecule has 1 aromatic carbocycles. The number of hydrogen-bond acceptors (Lipinski definition) is 3. The van der Waals surface area contributed by atoms with E-state index in [1.54, 1.807) is 12.7 Å². The molecule has 1 saturated heterocycles. The number of amides is 1. The van der Waals surface area contributed by atoms with Crippen LogP contribution in [0.1, 0.15) is 31.2 Å². The van der Waals surface area contributed by atoms with Crippen molar-refractivity contribution >= 4 is 17.5 Å². The monoisotopic (exact) mass is 344 g/mol. The molecule has 1 saturated carbocycles. The smallest absolute Gasteiger partial charge is 0.233 e. The van der Waals surface area contributed by atoms with Crippen molar-refractivity contribution in [1.82, 2.24) is 19.7 Å². The molecule has 6 heteroatoms.